The molecule has 0 atom stereocenters. The van der Waals surface area contributed by atoms with Crippen molar-refractivity contribution >= 4 is 28.3 Å². The molecule has 1 saturated carbocycles. The SMILES string of the molecule is FC(F)(F)c1nsc(N(CCCl)C2CC2)n1. The fraction of sp³-hybridized carbons (Fsp3) is 0.750. The molecule has 1 aromatic rings. The maximum absolute atomic E-state index is 12.3. The van der Waals surface area contributed by atoms with Crippen molar-refractivity contribution in [3.05, 3.63) is 5.82 Å². The molecule has 2 rings (SSSR count). The summed E-state index contributed by atoms with van der Waals surface area (Å²) < 4.78 is 40.2. The van der Waals surface area contributed by atoms with Crippen LogP contribution in [0.2, 0.25) is 0 Å². The van der Waals surface area contributed by atoms with E-state index in [1.807, 2.05) is 0 Å². The van der Waals surface area contributed by atoms with Gasteiger partial charge in [-0.1, -0.05) is 0 Å². The van der Waals surface area contributed by atoms with Gasteiger partial charge in [0.05, 0.1) is 0 Å². The van der Waals surface area contributed by atoms with Gasteiger partial charge in [0.25, 0.3) is 0 Å². The van der Waals surface area contributed by atoms with E-state index < -0.39 is 12.0 Å². The van der Waals surface area contributed by atoms with Crippen molar-refractivity contribution in [1.82, 2.24) is 9.36 Å². The van der Waals surface area contributed by atoms with E-state index in [4.69, 9.17) is 11.6 Å². The van der Waals surface area contributed by atoms with Gasteiger partial charge in [0.15, 0.2) is 0 Å². The molecule has 90 valence electrons. The van der Waals surface area contributed by atoms with E-state index in [-0.39, 0.29) is 6.04 Å². The summed E-state index contributed by atoms with van der Waals surface area (Å²) in [6.07, 6.45) is -2.50. The second-order valence-corrected chi connectivity index (χ2v) is 4.62. The van der Waals surface area contributed by atoms with Crippen molar-refractivity contribution in [3.8, 4) is 0 Å². The van der Waals surface area contributed by atoms with Gasteiger partial charge in [-0.2, -0.15) is 22.5 Å². The van der Waals surface area contributed by atoms with Crippen LogP contribution < -0.4 is 4.90 Å². The van der Waals surface area contributed by atoms with E-state index in [0.717, 1.165) is 24.4 Å². The van der Waals surface area contributed by atoms with Crippen molar-refractivity contribution in [2.24, 2.45) is 0 Å². The van der Waals surface area contributed by atoms with Crippen molar-refractivity contribution in [1.29, 1.82) is 0 Å². The Morgan fingerprint density at radius 3 is 2.56 bits per heavy atom. The van der Waals surface area contributed by atoms with E-state index in [0.29, 0.717) is 17.6 Å². The van der Waals surface area contributed by atoms with Gasteiger partial charge in [-0.3, -0.25) is 0 Å². The van der Waals surface area contributed by atoms with E-state index in [9.17, 15) is 13.2 Å². The van der Waals surface area contributed by atoms with Gasteiger partial charge in [-0.15, -0.1) is 11.6 Å². The Morgan fingerprint density at radius 1 is 1.44 bits per heavy atom. The first kappa shape index (κ1) is 11.9. The molecule has 1 aromatic heterocycles. The lowest BCUT2D eigenvalue weighted by atomic mass is 10.5. The molecule has 3 nitrogen and oxygen atoms in total. The fourth-order valence-corrected chi connectivity index (χ4v) is 2.33. The van der Waals surface area contributed by atoms with Gasteiger partial charge in [-0.05, 0) is 12.8 Å². The van der Waals surface area contributed by atoms with Crippen molar-refractivity contribution < 1.29 is 13.2 Å². The minimum Gasteiger partial charge on any atom is -0.343 e. The van der Waals surface area contributed by atoms with Gasteiger partial charge in [-0.25, -0.2) is 0 Å². The molecular formula is C8H9ClF3N3S. The Labute approximate surface area is 99.4 Å². The maximum atomic E-state index is 12.3. The van der Waals surface area contributed by atoms with Crippen LogP contribution in [0.4, 0.5) is 18.3 Å². The van der Waals surface area contributed by atoms with Crippen molar-refractivity contribution in [2.75, 3.05) is 17.3 Å². The van der Waals surface area contributed by atoms with E-state index in [1.165, 1.54) is 0 Å². The van der Waals surface area contributed by atoms with Crippen LogP contribution in [0.15, 0.2) is 0 Å². The second kappa shape index (κ2) is 4.37. The highest BCUT2D eigenvalue weighted by molar-refractivity contribution is 7.09. The Bertz CT molecular complexity index is 364. The molecule has 1 aliphatic rings. The Kier molecular flexibility index (Phi) is 3.25. The van der Waals surface area contributed by atoms with Crippen LogP contribution in [0.25, 0.3) is 0 Å². The summed E-state index contributed by atoms with van der Waals surface area (Å²) in [4.78, 5) is 5.32. The van der Waals surface area contributed by atoms with Crippen LogP contribution in [0.1, 0.15) is 18.7 Å². The third-order valence-corrected chi connectivity index (χ3v) is 3.15. The maximum Gasteiger partial charge on any atom is 0.452 e. The summed E-state index contributed by atoms with van der Waals surface area (Å²) in [5, 5.41) is 0.315. The molecule has 8 heteroatoms. The lowest BCUT2D eigenvalue weighted by Gasteiger charge is -2.18. The standard InChI is InChI=1S/C8H9ClF3N3S/c9-3-4-15(5-1-2-5)7-13-6(14-16-7)8(10,11)12/h5H,1-4H2. The summed E-state index contributed by atoms with van der Waals surface area (Å²) >= 11 is 6.39. The number of hydrogen-bond donors (Lipinski definition) is 0. The van der Waals surface area contributed by atoms with E-state index in [2.05, 4.69) is 9.36 Å². The normalized spacial score (nSPS) is 16.5. The predicted octanol–water partition coefficient (Wildman–Crippen LogP) is 2.76. The summed E-state index contributed by atoms with van der Waals surface area (Å²) in [5.41, 5.74) is 0. The van der Waals surface area contributed by atoms with Crippen molar-refractivity contribution in [2.45, 2.75) is 25.1 Å². The smallest absolute Gasteiger partial charge is 0.343 e. The highest BCUT2D eigenvalue weighted by Gasteiger charge is 2.38. The van der Waals surface area contributed by atoms with E-state index >= 15 is 0 Å². The number of nitrogens with zero attached hydrogens (tertiary/aromatic N) is 3. The molecule has 1 heterocycles. The van der Waals surface area contributed by atoms with Crippen LogP contribution in [0, 0.1) is 0 Å². The molecule has 0 saturated heterocycles. The number of alkyl halides is 4. The largest absolute Gasteiger partial charge is 0.452 e. The summed E-state index contributed by atoms with van der Waals surface area (Å²) in [6.45, 7) is 0.513. The number of hydrogen-bond acceptors (Lipinski definition) is 4. The summed E-state index contributed by atoms with van der Waals surface area (Å²) in [6, 6.07) is 0.285. The third kappa shape index (κ3) is 2.57. The zero-order chi connectivity index (χ0) is 11.8. The first-order valence-electron chi connectivity index (χ1n) is 4.76. The molecule has 1 aliphatic carbocycles. The minimum absolute atomic E-state index is 0.285. The minimum atomic E-state index is -4.47. The molecule has 0 unspecified atom stereocenters. The molecule has 0 radical (unpaired) electrons. The highest BCUT2D eigenvalue weighted by atomic mass is 35.5. The summed E-state index contributed by atoms with van der Waals surface area (Å²) in [5.74, 6) is -0.690. The topological polar surface area (TPSA) is 29.0 Å². The van der Waals surface area contributed by atoms with Gasteiger partial charge in [0.1, 0.15) is 0 Å². The molecule has 0 amide bonds. The molecule has 0 bridgehead atoms. The second-order valence-electron chi connectivity index (χ2n) is 3.51. The molecule has 0 N–H and O–H groups in total. The van der Waals surface area contributed by atoms with Crippen LogP contribution in [0.3, 0.4) is 0 Å². The Morgan fingerprint density at radius 2 is 2.12 bits per heavy atom. The third-order valence-electron chi connectivity index (χ3n) is 2.23. The molecule has 0 aromatic carbocycles. The molecule has 1 fully saturated rings. The molecular weight excluding hydrogens is 263 g/mol. The summed E-state index contributed by atoms with van der Waals surface area (Å²) in [7, 11) is 0. The average Bonchev–Trinajstić information content (AvgIpc) is 2.89. The Hall–Kier alpha value is -0.560. The van der Waals surface area contributed by atoms with Gasteiger partial charge in [0.2, 0.25) is 11.0 Å². The van der Waals surface area contributed by atoms with Gasteiger partial charge >= 0.3 is 6.18 Å². The fourth-order valence-electron chi connectivity index (χ4n) is 1.36. The first-order valence-corrected chi connectivity index (χ1v) is 6.06. The molecule has 0 aliphatic heterocycles. The van der Waals surface area contributed by atoms with Gasteiger partial charge < -0.3 is 4.90 Å². The van der Waals surface area contributed by atoms with Crippen molar-refractivity contribution in [3.63, 3.8) is 0 Å². The average molecular weight is 272 g/mol. The number of rotatable bonds is 4. The number of halogens is 4. The number of aromatic nitrogens is 2. The molecule has 0 spiro atoms. The lowest BCUT2D eigenvalue weighted by molar-refractivity contribution is -0.144. The first-order chi connectivity index (χ1) is 7.52. The van der Waals surface area contributed by atoms with Crippen LogP contribution in [-0.4, -0.2) is 27.8 Å². The highest BCUT2D eigenvalue weighted by Crippen LogP contribution is 2.35. The quantitative estimate of drug-likeness (QED) is 0.789. The molecule has 16 heavy (non-hydrogen) atoms. The van der Waals surface area contributed by atoms with Crippen LogP contribution in [-0.2, 0) is 6.18 Å². The lowest BCUT2D eigenvalue weighted by Crippen LogP contribution is -2.27. The zero-order valence-electron chi connectivity index (χ0n) is 8.17. The van der Waals surface area contributed by atoms with Crippen LogP contribution in [0.5, 0.6) is 0 Å². The monoisotopic (exact) mass is 271 g/mol. The van der Waals surface area contributed by atoms with E-state index in [1.54, 1.807) is 4.90 Å². The van der Waals surface area contributed by atoms with Crippen LogP contribution >= 0.6 is 23.1 Å². The Balaban J connectivity index is 2.15. The zero-order valence-corrected chi connectivity index (χ0v) is 9.74. The van der Waals surface area contributed by atoms with Gasteiger partial charge in [0, 0.05) is 30.0 Å². The number of anilines is 1. The predicted molar refractivity (Wildman–Crippen MR) is 56.0 cm³/mol.